The van der Waals surface area contributed by atoms with Crippen LogP contribution >= 0.6 is 0 Å². The van der Waals surface area contributed by atoms with E-state index in [-0.39, 0.29) is 11.6 Å². The smallest absolute Gasteiger partial charge is 0.433 e. The van der Waals surface area contributed by atoms with Crippen molar-refractivity contribution >= 4 is 11.6 Å². The second-order valence-corrected chi connectivity index (χ2v) is 6.29. The first-order valence-corrected chi connectivity index (χ1v) is 9.00. The van der Waals surface area contributed by atoms with Crippen LogP contribution < -0.4 is 4.74 Å². The van der Waals surface area contributed by atoms with Gasteiger partial charge in [-0.05, 0) is 30.3 Å². The van der Waals surface area contributed by atoms with Crippen LogP contribution in [0.2, 0.25) is 0 Å². The van der Waals surface area contributed by atoms with E-state index in [0.29, 0.717) is 43.3 Å². The Balaban J connectivity index is 1.77. The lowest BCUT2D eigenvalue weighted by atomic mass is 10.0. The average molecular weight is 397 g/mol. The van der Waals surface area contributed by atoms with Crippen LogP contribution in [0.5, 0.6) is 5.75 Å². The molecule has 150 valence electrons. The van der Waals surface area contributed by atoms with Crippen molar-refractivity contribution in [1.29, 1.82) is 0 Å². The molecule has 0 saturated carbocycles. The number of benzene rings is 1. The lowest BCUT2D eigenvalue weighted by molar-refractivity contribution is -0.401. The van der Waals surface area contributed by atoms with Crippen molar-refractivity contribution in [2.45, 2.75) is 0 Å². The molecule has 0 aliphatic carbocycles. The van der Waals surface area contributed by atoms with E-state index in [9.17, 15) is 10.1 Å². The summed E-state index contributed by atoms with van der Waals surface area (Å²) in [6.45, 7) is 2.53. The SMILES string of the molecule is COc1ccc(C(=NN2CCOCC2)c2c[nH]nc2-c2ccc([N+](=O)[O-])o2)cc1. The van der Waals surface area contributed by atoms with Gasteiger partial charge in [-0.2, -0.15) is 10.2 Å². The second kappa shape index (κ2) is 8.15. The molecular weight excluding hydrogens is 378 g/mol. The van der Waals surface area contributed by atoms with Crippen molar-refractivity contribution in [2.75, 3.05) is 33.4 Å². The monoisotopic (exact) mass is 397 g/mol. The van der Waals surface area contributed by atoms with Crippen LogP contribution in [0.4, 0.5) is 5.88 Å². The number of aromatic amines is 1. The van der Waals surface area contributed by atoms with Gasteiger partial charge in [0.1, 0.15) is 22.1 Å². The summed E-state index contributed by atoms with van der Waals surface area (Å²) >= 11 is 0. The van der Waals surface area contributed by atoms with Gasteiger partial charge in [-0.1, -0.05) is 0 Å². The number of hydrogen-bond acceptors (Lipinski definition) is 8. The fraction of sp³-hybridized carbons (Fsp3) is 0.263. The third-order valence-electron chi connectivity index (χ3n) is 4.49. The molecule has 0 atom stereocenters. The highest BCUT2D eigenvalue weighted by atomic mass is 16.6. The number of aromatic nitrogens is 2. The second-order valence-electron chi connectivity index (χ2n) is 6.29. The number of furan rings is 1. The number of nitrogens with one attached hydrogen (secondary N) is 1. The summed E-state index contributed by atoms with van der Waals surface area (Å²) in [5.41, 5.74) is 2.63. The summed E-state index contributed by atoms with van der Waals surface area (Å²) in [4.78, 5) is 10.4. The van der Waals surface area contributed by atoms with Gasteiger partial charge in [0.2, 0.25) is 0 Å². The highest BCUT2D eigenvalue weighted by molar-refractivity contribution is 6.15. The highest BCUT2D eigenvalue weighted by Gasteiger charge is 2.22. The van der Waals surface area contributed by atoms with E-state index >= 15 is 0 Å². The number of nitro groups is 1. The quantitative estimate of drug-likeness (QED) is 0.386. The summed E-state index contributed by atoms with van der Waals surface area (Å²) in [5, 5.41) is 24.8. The molecule has 1 saturated heterocycles. The van der Waals surface area contributed by atoms with Crippen molar-refractivity contribution in [2.24, 2.45) is 5.10 Å². The summed E-state index contributed by atoms with van der Waals surface area (Å²) in [5.74, 6) is 0.676. The third kappa shape index (κ3) is 3.97. The van der Waals surface area contributed by atoms with Crippen LogP contribution in [0, 0.1) is 10.1 Å². The van der Waals surface area contributed by atoms with E-state index in [4.69, 9.17) is 19.0 Å². The molecule has 0 unspecified atom stereocenters. The Kier molecular flexibility index (Phi) is 5.25. The minimum absolute atomic E-state index is 0.288. The van der Waals surface area contributed by atoms with Crippen molar-refractivity contribution in [3.05, 3.63) is 63.8 Å². The molecule has 1 aromatic carbocycles. The van der Waals surface area contributed by atoms with Gasteiger partial charge in [0.25, 0.3) is 0 Å². The van der Waals surface area contributed by atoms with Gasteiger partial charge in [-0.25, -0.2) is 0 Å². The summed E-state index contributed by atoms with van der Waals surface area (Å²) in [6.07, 6.45) is 1.70. The zero-order valence-electron chi connectivity index (χ0n) is 15.7. The molecule has 4 rings (SSSR count). The maximum atomic E-state index is 11.0. The van der Waals surface area contributed by atoms with E-state index < -0.39 is 4.92 Å². The number of ether oxygens (including phenoxy) is 2. The van der Waals surface area contributed by atoms with Crippen molar-refractivity contribution in [3.63, 3.8) is 0 Å². The van der Waals surface area contributed by atoms with Gasteiger partial charge in [-0.15, -0.1) is 0 Å². The normalized spacial score (nSPS) is 14.8. The van der Waals surface area contributed by atoms with Gasteiger partial charge in [-0.3, -0.25) is 20.2 Å². The molecule has 1 aliphatic heterocycles. The van der Waals surface area contributed by atoms with Crippen molar-refractivity contribution in [3.8, 4) is 17.2 Å². The molecule has 2 aromatic heterocycles. The van der Waals surface area contributed by atoms with Crippen LogP contribution in [-0.4, -0.2) is 59.3 Å². The first-order valence-electron chi connectivity index (χ1n) is 9.00. The lowest BCUT2D eigenvalue weighted by Gasteiger charge is -2.25. The molecule has 0 bridgehead atoms. The fourth-order valence-electron chi connectivity index (χ4n) is 3.02. The Bertz CT molecular complexity index is 1020. The molecule has 1 aliphatic rings. The maximum Gasteiger partial charge on any atom is 0.433 e. The average Bonchev–Trinajstić information content (AvgIpc) is 3.42. The number of hydrogen-bond donors (Lipinski definition) is 1. The summed E-state index contributed by atoms with van der Waals surface area (Å²) in [7, 11) is 1.61. The molecule has 10 nitrogen and oxygen atoms in total. The molecule has 3 aromatic rings. The van der Waals surface area contributed by atoms with E-state index in [2.05, 4.69) is 10.2 Å². The molecule has 29 heavy (non-hydrogen) atoms. The molecule has 10 heteroatoms. The van der Waals surface area contributed by atoms with Gasteiger partial charge < -0.3 is 13.9 Å². The number of hydrazone groups is 1. The van der Waals surface area contributed by atoms with Crippen molar-refractivity contribution < 1.29 is 18.8 Å². The molecule has 3 heterocycles. The number of methoxy groups -OCH3 is 1. The van der Waals surface area contributed by atoms with Crippen LogP contribution in [0.1, 0.15) is 11.1 Å². The largest absolute Gasteiger partial charge is 0.497 e. The van der Waals surface area contributed by atoms with Crippen LogP contribution in [0.3, 0.4) is 0 Å². The molecule has 1 fully saturated rings. The van der Waals surface area contributed by atoms with Gasteiger partial charge in [0.15, 0.2) is 5.76 Å². The lowest BCUT2D eigenvalue weighted by Crippen LogP contribution is -2.33. The number of morpholine rings is 1. The first-order chi connectivity index (χ1) is 14.2. The zero-order chi connectivity index (χ0) is 20.2. The fourth-order valence-corrected chi connectivity index (χ4v) is 3.02. The van der Waals surface area contributed by atoms with E-state index in [1.807, 2.05) is 29.3 Å². The number of nitrogens with zero attached hydrogens (tertiary/aromatic N) is 4. The standard InChI is InChI=1S/C19H19N5O5/c1-27-14-4-2-13(3-5-14)18(22-23-8-10-28-11-9-23)15-12-20-21-19(15)16-6-7-17(29-16)24(25)26/h2-7,12H,8-11H2,1H3,(H,20,21). The van der Waals surface area contributed by atoms with E-state index in [0.717, 1.165) is 11.3 Å². The Hall–Kier alpha value is -3.66. The van der Waals surface area contributed by atoms with Gasteiger partial charge in [0, 0.05) is 11.8 Å². The van der Waals surface area contributed by atoms with Crippen LogP contribution in [0.25, 0.3) is 11.5 Å². The topological polar surface area (TPSA) is 119 Å². The zero-order valence-corrected chi connectivity index (χ0v) is 15.7. The minimum atomic E-state index is -0.581. The molecule has 0 radical (unpaired) electrons. The van der Waals surface area contributed by atoms with Crippen LogP contribution in [-0.2, 0) is 4.74 Å². The predicted octanol–water partition coefficient (Wildman–Crippen LogP) is 2.67. The summed E-state index contributed by atoms with van der Waals surface area (Å²) in [6, 6.07) is 10.3. The molecule has 0 spiro atoms. The van der Waals surface area contributed by atoms with Crippen molar-refractivity contribution in [1.82, 2.24) is 15.2 Å². The number of H-pyrrole nitrogens is 1. The summed E-state index contributed by atoms with van der Waals surface area (Å²) < 4.78 is 16.0. The third-order valence-corrected chi connectivity index (χ3v) is 4.49. The maximum absolute atomic E-state index is 11.0. The molecule has 1 N–H and O–H groups in total. The van der Waals surface area contributed by atoms with Crippen LogP contribution in [0.15, 0.2) is 52.1 Å². The molecular formula is C19H19N5O5. The Labute approximate surface area is 165 Å². The first kappa shape index (κ1) is 18.7. The Morgan fingerprint density at radius 2 is 2.00 bits per heavy atom. The van der Waals surface area contributed by atoms with Gasteiger partial charge in [0.05, 0.1) is 45.0 Å². The van der Waals surface area contributed by atoms with E-state index in [1.165, 1.54) is 12.1 Å². The Morgan fingerprint density at radius 3 is 2.66 bits per heavy atom. The highest BCUT2D eigenvalue weighted by Crippen LogP contribution is 2.29. The minimum Gasteiger partial charge on any atom is -0.497 e. The predicted molar refractivity (Wildman–Crippen MR) is 104 cm³/mol. The van der Waals surface area contributed by atoms with Gasteiger partial charge >= 0.3 is 5.88 Å². The van der Waals surface area contributed by atoms with E-state index in [1.54, 1.807) is 13.3 Å². The number of rotatable bonds is 6. The Morgan fingerprint density at radius 1 is 1.24 bits per heavy atom. The molecule has 0 amide bonds.